The Labute approximate surface area is 175 Å². The summed E-state index contributed by atoms with van der Waals surface area (Å²) >= 11 is 6.36. The molecule has 0 radical (unpaired) electrons. The van der Waals surface area contributed by atoms with Gasteiger partial charge in [-0.05, 0) is 36.3 Å². The van der Waals surface area contributed by atoms with Crippen LogP contribution >= 0.6 is 11.6 Å². The van der Waals surface area contributed by atoms with Crippen molar-refractivity contribution in [3.05, 3.63) is 88.2 Å². The fourth-order valence-electron chi connectivity index (χ4n) is 3.12. The largest absolute Gasteiger partial charge is 0.478 e. The average molecular weight is 410 g/mol. The second-order valence-electron chi connectivity index (χ2n) is 6.85. The van der Waals surface area contributed by atoms with Crippen LogP contribution in [0.25, 0.3) is 6.08 Å². The first-order chi connectivity index (χ1) is 14.1. The molecule has 29 heavy (non-hydrogen) atoms. The van der Waals surface area contributed by atoms with Gasteiger partial charge in [0.1, 0.15) is 5.82 Å². The molecule has 0 bridgehead atoms. The summed E-state index contributed by atoms with van der Waals surface area (Å²) in [5.74, 6) is -0.0307. The van der Waals surface area contributed by atoms with Crippen LogP contribution in [0.3, 0.4) is 0 Å². The van der Waals surface area contributed by atoms with Crippen LogP contribution in [0.15, 0.2) is 60.4 Å². The minimum absolute atomic E-state index is 0.248. The van der Waals surface area contributed by atoms with E-state index in [-0.39, 0.29) is 12.0 Å². The van der Waals surface area contributed by atoms with Crippen LogP contribution in [0.1, 0.15) is 42.5 Å². The van der Waals surface area contributed by atoms with Crippen molar-refractivity contribution in [1.29, 1.82) is 0 Å². The van der Waals surface area contributed by atoms with Gasteiger partial charge in [-0.15, -0.1) is 0 Å². The number of carboxylic acids is 1. The highest BCUT2D eigenvalue weighted by Crippen LogP contribution is 2.21. The van der Waals surface area contributed by atoms with Crippen molar-refractivity contribution in [3.63, 3.8) is 0 Å². The van der Waals surface area contributed by atoms with E-state index >= 15 is 0 Å². The van der Waals surface area contributed by atoms with Gasteiger partial charge in [-0.25, -0.2) is 9.78 Å². The van der Waals surface area contributed by atoms with Gasteiger partial charge < -0.3 is 9.67 Å². The molecule has 0 atom stereocenters. The third-order valence-corrected chi connectivity index (χ3v) is 5.07. The second kappa shape index (κ2) is 10.0. The molecular formula is C23H24ClN3O2. The number of pyridine rings is 1. The van der Waals surface area contributed by atoms with Crippen LogP contribution in [0.2, 0.25) is 5.02 Å². The molecule has 0 aliphatic rings. The summed E-state index contributed by atoms with van der Waals surface area (Å²) in [6.45, 7) is 2.68. The molecule has 3 aromatic rings. The van der Waals surface area contributed by atoms with Crippen LogP contribution in [0.4, 0.5) is 0 Å². The van der Waals surface area contributed by atoms with E-state index in [9.17, 15) is 9.90 Å². The molecule has 2 aromatic heterocycles. The predicted molar refractivity (Wildman–Crippen MR) is 115 cm³/mol. The van der Waals surface area contributed by atoms with Gasteiger partial charge in [0.25, 0.3) is 0 Å². The normalized spacial score (nSPS) is 11.6. The van der Waals surface area contributed by atoms with E-state index < -0.39 is 5.97 Å². The molecule has 3 rings (SSSR count). The summed E-state index contributed by atoms with van der Waals surface area (Å²) in [4.78, 5) is 20.7. The number of aryl methyl sites for hydroxylation is 1. The maximum atomic E-state index is 11.9. The number of carboxylic acid groups (broad SMARTS) is 1. The maximum absolute atomic E-state index is 11.9. The van der Waals surface area contributed by atoms with Crippen LogP contribution < -0.4 is 0 Å². The van der Waals surface area contributed by atoms with Crippen molar-refractivity contribution in [2.24, 2.45) is 0 Å². The molecule has 0 saturated heterocycles. The lowest BCUT2D eigenvalue weighted by Gasteiger charge is -2.12. The summed E-state index contributed by atoms with van der Waals surface area (Å²) in [6.07, 6.45) is 8.25. The summed E-state index contributed by atoms with van der Waals surface area (Å²) in [5.41, 5.74) is 2.71. The average Bonchev–Trinajstić information content (AvgIpc) is 3.09. The molecule has 0 amide bonds. The summed E-state index contributed by atoms with van der Waals surface area (Å²) in [5, 5.41) is 10.4. The van der Waals surface area contributed by atoms with Crippen molar-refractivity contribution in [2.45, 2.75) is 39.2 Å². The minimum Gasteiger partial charge on any atom is -0.478 e. The van der Waals surface area contributed by atoms with Gasteiger partial charge in [0.15, 0.2) is 0 Å². The lowest BCUT2D eigenvalue weighted by Crippen LogP contribution is -2.10. The van der Waals surface area contributed by atoms with Crippen LogP contribution in [0, 0.1) is 0 Å². The third kappa shape index (κ3) is 5.55. The zero-order valence-corrected chi connectivity index (χ0v) is 17.1. The molecule has 0 aliphatic heterocycles. The topological polar surface area (TPSA) is 68.0 Å². The molecule has 150 valence electrons. The Morgan fingerprint density at radius 2 is 1.97 bits per heavy atom. The van der Waals surface area contributed by atoms with E-state index in [1.165, 1.54) is 0 Å². The predicted octanol–water partition coefficient (Wildman–Crippen LogP) is 5.03. The Kier molecular flexibility index (Phi) is 7.19. The molecule has 0 aliphatic carbocycles. The van der Waals surface area contributed by atoms with Gasteiger partial charge in [-0.2, -0.15) is 0 Å². The first-order valence-corrected chi connectivity index (χ1v) is 10.1. The number of aliphatic carboxylic acids is 1. The summed E-state index contributed by atoms with van der Waals surface area (Å²) < 4.78 is 2.05. The first-order valence-electron chi connectivity index (χ1n) is 9.70. The van der Waals surface area contributed by atoms with Crippen LogP contribution in [0.5, 0.6) is 0 Å². The lowest BCUT2D eigenvalue weighted by atomic mass is 10.1. The van der Waals surface area contributed by atoms with Crippen molar-refractivity contribution >= 4 is 23.6 Å². The minimum atomic E-state index is -0.962. The molecule has 2 heterocycles. The number of hydrogen-bond acceptors (Lipinski definition) is 3. The Balaban J connectivity index is 1.98. The number of hydrogen-bond donors (Lipinski definition) is 1. The Morgan fingerprint density at radius 1 is 1.17 bits per heavy atom. The molecule has 1 aromatic carbocycles. The molecule has 6 heteroatoms. The summed E-state index contributed by atoms with van der Waals surface area (Å²) in [7, 11) is 0. The fourth-order valence-corrected chi connectivity index (χ4v) is 3.32. The zero-order chi connectivity index (χ0) is 20.6. The van der Waals surface area contributed by atoms with Crippen molar-refractivity contribution in [1.82, 2.24) is 14.5 Å². The smallest absolute Gasteiger partial charge is 0.332 e. The van der Waals surface area contributed by atoms with Crippen molar-refractivity contribution in [3.8, 4) is 0 Å². The van der Waals surface area contributed by atoms with Gasteiger partial charge in [-0.3, -0.25) is 4.98 Å². The highest BCUT2D eigenvalue weighted by Gasteiger charge is 2.15. The van der Waals surface area contributed by atoms with Gasteiger partial charge in [-0.1, -0.05) is 49.2 Å². The summed E-state index contributed by atoms with van der Waals surface area (Å²) in [6, 6.07) is 13.2. The first kappa shape index (κ1) is 20.8. The second-order valence-corrected chi connectivity index (χ2v) is 7.26. The number of imidazole rings is 1. The molecule has 5 nitrogen and oxygen atoms in total. The standard InChI is InChI=1S/C23H24ClN3O2/c1-2-3-11-22-26-15-20(27(22)16-17-8-4-5-10-21(17)24)14-18(23(28)29)13-19-9-6-7-12-25-19/h4-10,12,14-15H,2-3,11,13,16H2,1H3,(H,28,29)/b18-14+. The SMILES string of the molecule is CCCCc1ncc(/C=C(\Cc2ccccn2)C(=O)O)n1Cc1ccccc1Cl. The number of carbonyl (C=O) groups is 1. The highest BCUT2D eigenvalue weighted by molar-refractivity contribution is 6.31. The molecule has 0 unspecified atom stereocenters. The van der Waals surface area contributed by atoms with E-state index in [1.807, 2.05) is 42.5 Å². The van der Waals surface area contributed by atoms with Gasteiger partial charge in [0.2, 0.25) is 0 Å². The number of halogens is 1. The fraction of sp³-hybridized carbons (Fsp3) is 0.261. The van der Waals surface area contributed by atoms with E-state index in [0.717, 1.165) is 36.3 Å². The van der Waals surface area contributed by atoms with Gasteiger partial charge in [0, 0.05) is 35.3 Å². The number of unbranched alkanes of at least 4 members (excludes halogenated alkanes) is 1. The number of rotatable bonds is 9. The van der Waals surface area contributed by atoms with Crippen molar-refractivity contribution < 1.29 is 9.90 Å². The Hall–Kier alpha value is -2.92. The van der Waals surface area contributed by atoms with E-state index in [2.05, 4.69) is 21.5 Å². The van der Waals surface area contributed by atoms with E-state index in [4.69, 9.17) is 11.6 Å². The van der Waals surface area contributed by atoms with Gasteiger partial charge >= 0.3 is 5.97 Å². The molecule has 0 spiro atoms. The molecular weight excluding hydrogens is 386 g/mol. The Bertz CT molecular complexity index is 996. The number of benzene rings is 1. The van der Waals surface area contributed by atoms with E-state index in [0.29, 0.717) is 17.3 Å². The Morgan fingerprint density at radius 3 is 2.66 bits per heavy atom. The third-order valence-electron chi connectivity index (χ3n) is 4.70. The zero-order valence-electron chi connectivity index (χ0n) is 16.4. The molecule has 0 fully saturated rings. The highest BCUT2D eigenvalue weighted by atomic mass is 35.5. The number of aromatic nitrogens is 3. The lowest BCUT2D eigenvalue weighted by molar-refractivity contribution is -0.132. The quantitative estimate of drug-likeness (QED) is 0.503. The number of nitrogens with zero attached hydrogens (tertiary/aromatic N) is 3. The molecule has 1 N–H and O–H groups in total. The monoisotopic (exact) mass is 409 g/mol. The van der Waals surface area contributed by atoms with Crippen LogP contribution in [-0.4, -0.2) is 25.6 Å². The van der Waals surface area contributed by atoms with Crippen LogP contribution in [-0.2, 0) is 24.2 Å². The van der Waals surface area contributed by atoms with Gasteiger partial charge in [0.05, 0.1) is 18.4 Å². The maximum Gasteiger partial charge on any atom is 0.332 e. The van der Waals surface area contributed by atoms with E-state index in [1.54, 1.807) is 18.5 Å². The van der Waals surface area contributed by atoms with Crippen molar-refractivity contribution in [2.75, 3.05) is 0 Å². The molecule has 0 saturated carbocycles.